The number of rotatable bonds is 5. The first-order valence-corrected chi connectivity index (χ1v) is 16.8. The fourth-order valence-electron chi connectivity index (χ4n) is 7.32. The number of fused-ring (bicyclic) bond motifs is 6. The van der Waals surface area contributed by atoms with Gasteiger partial charge >= 0.3 is 0 Å². The molecule has 4 aromatic heterocycles. The SMILES string of the molecule is C1=C(c2ccc3c(c2)c2ccccc2n3-c2cccc(-c3nc(-c4cccnc4)nc(-c4cccnc4)n3)c2)C=C2c3ccccc3NC2C1. The summed E-state index contributed by atoms with van der Waals surface area (Å²) in [6.45, 7) is 0. The second-order valence-corrected chi connectivity index (χ2v) is 12.7. The van der Waals surface area contributed by atoms with Crippen LogP contribution in [0.15, 0.2) is 152 Å². The summed E-state index contributed by atoms with van der Waals surface area (Å²) < 4.78 is 2.34. The van der Waals surface area contributed by atoms with E-state index in [0.717, 1.165) is 39.8 Å². The van der Waals surface area contributed by atoms with E-state index >= 15 is 0 Å². The van der Waals surface area contributed by atoms with Gasteiger partial charge in [0.05, 0.1) is 17.1 Å². The van der Waals surface area contributed by atoms with Crippen molar-refractivity contribution in [1.82, 2.24) is 29.5 Å². The van der Waals surface area contributed by atoms with Gasteiger partial charge in [-0.1, -0.05) is 60.7 Å². The van der Waals surface area contributed by atoms with Crippen LogP contribution in [0.5, 0.6) is 0 Å². The molecular weight excluding hydrogens is 615 g/mol. The van der Waals surface area contributed by atoms with E-state index in [1.54, 1.807) is 24.8 Å². The number of nitrogens with zero attached hydrogens (tertiary/aromatic N) is 6. The maximum absolute atomic E-state index is 4.94. The molecule has 0 amide bonds. The van der Waals surface area contributed by atoms with E-state index in [4.69, 9.17) is 15.0 Å². The first-order valence-electron chi connectivity index (χ1n) is 16.8. The van der Waals surface area contributed by atoms with E-state index in [1.807, 2.05) is 24.3 Å². The van der Waals surface area contributed by atoms with Crippen LogP contribution in [0.25, 0.3) is 72.8 Å². The highest BCUT2D eigenvalue weighted by Gasteiger charge is 2.28. The molecule has 0 saturated carbocycles. The molecule has 0 bridgehead atoms. The van der Waals surface area contributed by atoms with Gasteiger partial charge in [-0.15, -0.1) is 0 Å². The molecule has 0 fully saturated rings. The van der Waals surface area contributed by atoms with E-state index in [-0.39, 0.29) is 0 Å². The molecule has 7 heteroatoms. The maximum Gasteiger partial charge on any atom is 0.165 e. The number of hydrogen-bond acceptors (Lipinski definition) is 6. The fraction of sp³-hybridized carbons (Fsp3) is 0.0465. The van der Waals surface area contributed by atoms with Crippen molar-refractivity contribution in [2.24, 2.45) is 0 Å². The van der Waals surface area contributed by atoms with Gasteiger partial charge in [0.2, 0.25) is 0 Å². The Bertz CT molecular complexity index is 2600. The first-order chi connectivity index (χ1) is 24.8. The van der Waals surface area contributed by atoms with Crippen LogP contribution in [0.2, 0.25) is 0 Å². The lowest BCUT2D eigenvalue weighted by atomic mass is 9.89. The van der Waals surface area contributed by atoms with Crippen LogP contribution in [0.4, 0.5) is 5.69 Å². The Hall–Kier alpha value is -6.73. The Morgan fingerprint density at radius 3 is 2.06 bits per heavy atom. The van der Waals surface area contributed by atoms with Crippen LogP contribution >= 0.6 is 0 Å². The largest absolute Gasteiger partial charge is 0.377 e. The maximum atomic E-state index is 4.94. The van der Waals surface area contributed by atoms with Gasteiger partial charge in [0, 0.05) is 69.2 Å². The van der Waals surface area contributed by atoms with Crippen molar-refractivity contribution in [2.75, 3.05) is 5.32 Å². The van der Waals surface area contributed by atoms with Gasteiger partial charge in [-0.3, -0.25) is 9.97 Å². The van der Waals surface area contributed by atoms with E-state index in [0.29, 0.717) is 23.5 Å². The van der Waals surface area contributed by atoms with Crippen molar-refractivity contribution in [3.63, 3.8) is 0 Å². The highest BCUT2D eigenvalue weighted by Crippen LogP contribution is 2.42. The summed E-state index contributed by atoms with van der Waals surface area (Å²) >= 11 is 0. The first kappa shape index (κ1) is 28.3. The molecule has 10 rings (SSSR count). The lowest BCUT2D eigenvalue weighted by Crippen LogP contribution is -2.15. The topological polar surface area (TPSA) is 81.4 Å². The summed E-state index contributed by atoms with van der Waals surface area (Å²) in [5, 5.41) is 6.11. The summed E-state index contributed by atoms with van der Waals surface area (Å²) in [7, 11) is 0. The third kappa shape index (κ3) is 4.70. The van der Waals surface area contributed by atoms with Gasteiger partial charge in [-0.05, 0) is 89.9 Å². The van der Waals surface area contributed by atoms with Gasteiger partial charge < -0.3 is 9.88 Å². The lowest BCUT2D eigenvalue weighted by Gasteiger charge is -2.18. The number of allylic oxidation sites excluding steroid dienone is 2. The van der Waals surface area contributed by atoms with Crippen molar-refractivity contribution in [1.29, 1.82) is 0 Å². The Morgan fingerprint density at radius 1 is 0.580 bits per heavy atom. The third-order valence-electron chi connectivity index (χ3n) is 9.67. The van der Waals surface area contributed by atoms with Crippen molar-refractivity contribution < 1.29 is 0 Å². The number of para-hydroxylation sites is 2. The molecule has 1 aliphatic heterocycles. The molecule has 4 aromatic carbocycles. The molecular formula is C43H29N7. The van der Waals surface area contributed by atoms with E-state index in [2.05, 4.69) is 123 Å². The monoisotopic (exact) mass is 643 g/mol. The molecule has 50 heavy (non-hydrogen) atoms. The molecule has 8 aromatic rings. The second-order valence-electron chi connectivity index (χ2n) is 12.7. The number of nitrogens with one attached hydrogen (secondary N) is 1. The Morgan fingerprint density at radius 2 is 1.28 bits per heavy atom. The van der Waals surface area contributed by atoms with Gasteiger partial charge in [0.25, 0.3) is 0 Å². The minimum Gasteiger partial charge on any atom is -0.377 e. The summed E-state index contributed by atoms with van der Waals surface area (Å²) in [6.07, 6.45) is 12.7. The Labute approximate surface area is 288 Å². The summed E-state index contributed by atoms with van der Waals surface area (Å²) in [6, 6.07) is 40.6. The highest BCUT2D eigenvalue weighted by molar-refractivity contribution is 6.10. The Balaban J connectivity index is 1.09. The molecule has 236 valence electrons. The van der Waals surface area contributed by atoms with Crippen LogP contribution < -0.4 is 5.32 Å². The summed E-state index contributed by atoms with van der Waals surface area (Å²) in [5.74, 6) is 1.71. The standard InChI is InChI=1S/C43H29N7/c1-3-14-37-33(12-1)35-23-27(16-18-38(35)46-37)28-17-19-40-36(24-28)34-13-2-4-15-39(34)50(40)32-11-5-8-29(22-32)41-47-42(30-9-6-20-44-25-30)49-43(48-41)31-10-7-21-45-26-31/h1-17,19-26,38,46H,18H2. The molecule has 0 saturated heterocycles. The molecule has 0 spiro atoms. The molecule has 1 unspecified atom stereocenters. The summed E-state index contributed by atoms with van der Waals surface area (Å²) in [5.41, 5.74) is 12.2. The smallest absolute Gasteiger partial charge is 0.165 e. The van der Waals surface area contributed by atoms with Gasteiger partial charge in [-0.25, -0.2) is 15.0 Å². The molecule has 1 atom stereocenters. The predicted octanol–water partition coefficient (Wildman–Crippen LogP) is 9.42. The minimum absolute atomic E-state index is 0.333. The van der Waals surface area contributed by atoms with Crippen molar-refractivity contribution in [3.05, 3.63) is 163 Å². The van der Waals surface area contributed by atoms with E-state index in [9.17, 15) is 0 Å². The molecule has 0 radical (unpaired) electrons. The van der Waals surface area contributed by atoms with Crippen molar-refractivity contribution in [3.8, 4) is 39.9 Å². The number of anilines is 1. The molecule has 7 nitrogen and oxygen atoms in total. The van der Waals surface area contributed by atoms with E-state index < -0.39 is 0 Å². The van der Waals surface area contributed by atoms with Gasteiger partial charge in [0.1, 0.15) is 0 Å². The number of aromatic nitrogens is 6. The predicted molar refractivity (Wildman–Crippen MR) is 200 cm³/mol. The molecule has 2 aliphatic rings. The van der Waals surface area contributed by atoms with E-state index in [1.165, 1.54) is 38.7 Å². The molecule has 5 heterocycles. The lowest BCUT2D eigenvalue weighted by molar-refractivity contribution is 0.931. The van der Waals surface area contributed by atoms with Crippen molar-refractivity contribution >= 4 is 38.6 Å². The van der Waals surface area contributed by atoms with Crippen LogP contribution in [-0.4, -0.2) is 35.5 Å². The minimum atomic E-state index is 0.333. The average Bonchev–Trinajstić information content (AvgIpc) is 3.73. The van der Waals surface area contributed by atoms with Gasteiger partial charge in [0.15, 0.2) is 17.5 Å². The Kier molecular flexibility index (Phi) is 6.48. The number of hydrogen-bond donors (Lipinski definition) is 1. The van der Waals surface area contributed by atoms with Crippen molar-refractivity contribution in [2.45, 2.75) is 12.5 Å². The van der Waals surface area contributed by atoms with Crippen LogP contribution in [0.1, 0.15) is 17.5 Å². The normalized spacial score (nSPS) is 14.9. The van der Waals surface area contributed by atoms with Crippen LogP contribution in [-0.2, 0) is 0 Å². The van der Waals surface area contributed by atoms with Gasteiger partial charge in [-0.2, -0.15) is 0 Å². The zero-order valence-electron chi connectivity index (χ0n) is 26.9. The molecule has 1 aliphatic carbocycles. The second kappa shape index (κ2) is 11.5. The number of pyridine rings is 2. The number of benzene rings is 4. The molecule has 1 N–H and O–H groups in total. The quantitative estimate of drug-likeness (QED) is 0.201. The zero-order chi connectivity index (χ0) is 33.0. The summed E-state index contributed by atoms with van der Waals surface area (Å²) in [4.78, 5) is 23.3. The van der Waals surface area contributed by atoms with Crippen LogP contribution in [0.3, 0.4) is 0 Å². The highest BCUT2D eigenvalue weighted by atomic mass is 15.0. The average molecular weight is 644 g/mol. The zero-order valence-corrected chi connectivity index (χ0v) is 26.9. The van der Waals surface area contributed by atoms with Crippen LogP contribution in [0, 0.1) is 0 Å². The fourth-order valence-corrected chi connectivity index (χ4v) is 7.32. The third-order valence-corrected chi connectivity index (χ3v) is 9.67.